The molecule has 1 unspecified atom stereocenters. The Labute approximate surface area is 149 Å². The lowest BCUT2D eigenvalue weighted by atomic mass is 10.1. The molecule has 0 aliphatic carbocycles. The summed E-state index contributed by atoms with van der Waals surface area (Å²) in [4.78, 5) is 2.36. The van der Waals surface area contributed by atoms with Crippen molar-refractivity contribution in [2.75, 3.05) is 38.7 Å². The Bertz CT molecular complexity index is 815. The van der Waals surface area contributed by atoms with Crippen molar-refractivity contribution in [3.05, 3.63) is 59.7 Å². The number of anilines is 1. The minimum Gasteiger partial charge on any atom is -0.378 e. The van der Waals surface area contributed by atoms with Crippen LogP contribution in [0.5, 0.6) is 0 Å². The number of hydrogen-bond acceptors (Lipinski definition) is 4. The molecule has 0 N–H and O–H groups in total. The van der Waals surface area contributed by atoms with Crippen molar-refractivity contribution in [1.82, 2.24) is 4.31 Å². The molecule has 1 heterocycles. The Kier molecular flexibility index (Phi) is 5.13. The maximum absolute atomic E-state index is 12.9. The van der Waals surface area contributed by atoms with Gasteiger partial charge in [0.25, 0.3) is 0 Å². The number of hydrogen-bond donors (Lipinski definition) is 0. The van der Waals surface area contributed by atoms with Crippen molar-refractivity contribution in [2.24, 2.45) is 0 Å². The van der Waals surface area contributed by atoms with E-state index >= 15 is 0 Å². The largest absolute Gasteiger partial charge is 0.378 e. The van der Waals surface area contributed by atoms with Gasteiger partial charge < -0.3 is 9.64 Å². The van der Waals surface area contributed by atoms with E-state index in [0.717, 1.165) is 16.8 Å². The molecule has 6 heteroatoms. The lowest BCUT2D eigenvalue weighted by Gasteiger charge is -2.32. The highest BCUT2D eigenvalue weighted by Crippen LogP contribution is 2.27. The number of sulfonamides is 1. The van der Waals surface area contributed by atoms with Crippen molar-refractivity contribution >= 4 is 15.7 Å². The summed E-state index contributed by atoms with van der Waals surface area (Å²) in [6.07, 6.45) is -0.245. The van der Waals surface area contributed by atoms with E-state index in [-0.39, 0.29) is 6.10 Å². The molecule has 25 heavy (non-hydrogen) atoms. The van der Waals surface area contributed by atoms with E-state index in [4.69, 9.17) is 4.74 Å². The van der Waals surface area contributed by atoms with E-state index < -0.39 is 10.0 Å². The number of morpholine rings is 1. The molecule has 1 atom stereocenters. The Morgan fingerprint density at radius 3 is 2.28 bits per heavy atom. The third kappa shape index (κ3) is 3.86. The van der Waals surface area contributed by atoms with E-state index in [1.807, 2.05) is 62.3 Å². The Balaban J connectivity index is 1.79. The SMILES string of the molecule is Cc1ccc(S(=O)(=O)N2CCOC(c3ccc(N(C)C)cc3)C2)cc1. The van der Waals surface area contributed by atoms with Gasteiger partial charge in [0.2, 0.25) is 10.0 Å². The molecule has 0 saturated carbocycles. The van der Waals surface area contributed by atoms with E-state index in [1.165, 1.54) is 4.31 Å². The predicted molar refractivity (Wildman–Crippen MR) is 99.4 cm³/mol. The molecule has 0 radical (unpaired) electrons. The van der Waals surface area contributed by atoms with Gasteiger partial charge in [-0.05, 0) is 36.8 Å². The van der Waals surface area contributed by atoms with E-state index in [0.29, 0.717) is 24.6 Å². The molecule has 3 rings (SSSR count). The normalized spacial score (nSPS) is 18.9. The van der Waals surface area contributed by atoms with Crippen LogP contribution in [0.2, 0.25) is 0 Å². The van der Waals surface area contributed by atoms with Crippen LogP contribution in [-0.2, 0) is 14.8 Å². The maximum Gasteiger partial charge on any atom is 0.243 e. The van der Waals surface area contributed by atoms with E-state index in [9.17, 15) is 8.42 Å². The molecule has 0 amide bonds. The second kappa shape index (κ2) is 7.15. The quantitative estimate of drug-likeness (QED) is 0.841. The first-order valence-corrected chi connectivity index (χ1v) is 9.77. The smallest absolute Gasteiger partial charge is 0.243 e. The fourth-order valence-electron chi connectivity index (χ4n) is 2.89. The second-order valence-electron chi connectivity index (χ2n) is 6.52. The summed E-state index contributed by atoms with van der Waals surface area (Å²) in [6.45, 7) is 3.05. The number of rotatable bonds is 4. The molecule has 0 spiro atoms. The molecular formula is C19H24N2O3S. The van der Waals surface area contributed by atoms with Crippen molar-refractivity contribution < 1.29 is 13.2 Å². The summed E-state index contributed by atoms with van der Waals surface area (Å²) >= 11 is 0. The highest BCUT2D eigenvalue weighted by Gasteiger charge is 2.31. The van der Waals surface area contributed by atoms with Crippen LogP contribution < -0.4 is 4.90 Å². The van der Waals surface area contributed by atoms with Crippen molar-refractivity contribution in [3.8, 4) is 0 Å². The first-order valence-electron chi connectivity index (χ1n) is 8.33. The third-order valence-corrected chi connectivity index (χ3v) is 6.35. The number of benzene rings is 2. The van der Waals surface area contributed by atoms with Gasteiger partial charge >= 0.3 is 0 Å². The first kappa shape index (κ1) is 17.9. The second-order valence-corrected chi connectivity index (χ2v) is 8.46. The summed E-state index contributed by atoms with van der Waals surface area (Å²) in [5.41, 5.74) is 3.14. The van der Waals surface area contributed by atoms with Crippen LogP contribution in [0.3, 0.4) is 0 Å². The van der Waals surface area contributed by atoms with Gasteiger partial charge in [0.1, 0.15) is 0 Å². The lowest BCUT2D eigenvalue weighted by molar-refractivity contribution is -0.00254. The molecule has 1 aliphatic heterocycles. The molecule has 2 aromatic carbocycles. The maximum atomic E-state index is 12.9. The molecule has 0 aromatic heterocycles. The van der Waals surface area contributed by atoms with Crippen molar-refractivity contribution in [2.45, 2.75) is 17.9 Å². The average molecular weight is 360 g/mol. The first-order chi connectivity index (χ1) is 11.9. The standard InChI is InChI=1S/C19H24N2O3S/c1-15-4-10-18(11-5-15)25(22,23)21-12-13-24-19(14-21)16-6-8-17(9-7-16)20(2)3/h4-11,19H,12-14H2,1-3H3. The van der Waals surface area contributed by atoms with Crippen LogP contribution in [0.4, 0.5) is 5.69 Å². The highest BCUT2D eigenvalue weighted by atomic mass is 32.2. The van der Waals surface area contributed by atoms with Crippen LogP contribution >= 0.6 is 0 Å². The minimum atomic E-state index is -3.50. The predicted octanol–water partition coefficient (Wildman–Crippen LogP) is 2.82. The van der Waals surface area contributed by atoms with Gasteiger partial charge in [-0.2, -0.15) is 4.31 Å². The van der Waals surface area contributed by atoms with Gasteiger partial charge in [-0.15, -0.1) is 0 Å². The molecule has 1 saturated heterocycles. The highest BCUT2D eigenvalue weighted by molar-refractivity contribution is 7.89. The zero-order valence-electron chi connectivity index (χ0n) is 14.8. The van der Waals surface area contributed by atoms with Crippen molar-refractivity contribution in [1.29, 1.82) is 0 Å². The summed E-state index contributed by atoms with van der Waals surface area (Å²) in [5, 5.41) is 0. The van der Waals surface area contributed by atoms with Gasteiger partial charge in [-0.3, -0.25) is 0 Å². The van der Waals surface area contributed by atoms with Gasteiger partial charge in [-0.1, -0.05) is 29.8 Å². The van der Waals surface area contributed by atoms with Gasteiger partial charge in [0.15, 0.2) is 0 Å². The summed E-state index contributed by atoms with van der Waals surface area (Å²) in [5.74, 6) is 0. The van der Waals surface area contributed by atoms with E-state index in [1.54, 1.807) is 12.1 Å². The fraction of sp³-hybridized carbons (Fsp3) is 0.368. The van der Waals surface area contributed by atoms with Crippen LogP contribution in [-0.4, -0.2) is 46.5 Å². The van der Waals surface area contributed by atoms with E-state index in [2.05, 4.69) is 0 Å². The van der Waals surface area contributed by atoms with Crippen LogP contribution in [0, 0.1) is 6.92 Å². The molecular weight excluding hydrogens is 336 g/mol. The van der Waals surface area contributed by atoms with Crippen LogP contribution in [0.25, 0.3) is 0 Å². The molecule has 5 nitrogen and oxygen atoms in total. The zero-order chi connectivity index (χ0) is 18.0. The Morgan fingerprint density at radius 2 is 1.68 bits per heavy atom. The molecule has 2 aromatic rings. The molecule has 1 aliphatic rings. The van der Waals surface area contributed by atoms with Gasteiger partial charge in [0, 0.05) is 32.9 Å². The third-order valence-electron chi connectivity index (χ3n) is 4.47. The van der Waals surface area contributed by atoms with Crippen molar-refractivity contribution in [3.63, 3.8) is 0 Å². The Morgan fingerprint density at radius 1 is 1.04 bits per heavy atom. The molecule has 1 fully saturated rings. The monoisotopic (exact) mass is 360 g/mol. The topological polar surface area (TPSA) is 49.9 Å². The summed E-state index contributed by atoms with van der Waals surface area (Å²) < 4.78 is 33.1. The zero-order valence-corrected chi connectivity index (χ0v) is 15.7. The number of aryl methyl sites for hydroxylation is 1. The molecule has 0 bridgehead atoms. The average Bonchev–Trinajstić information content (AvgIpc) is 2.62. The Hall–Kier alpha value is -1.89. The fourth-order valence-corrected chi connectivity index (χ4v) is 4.32. The molecule has 134 valence electrons. The van der Waals surface area contributed by atoms with Gasteiger partial charge in [-0.25, -0.2) is 8.42 Å². The lowest BCUT2D eigenvalue weighted by Crippen LogP contribution is -2.42. The van der Waals surface area contributed by atoms with Gasteiger partial charge in [0.05, 0.1) is 17.6 Å². The number of ether oxygens (including phenoxy) is 1. The summed E-state index contributed by atoms with van der Waals surface area (Å²) in [7, 11) is 0.480. The summed E-state index contributed by atoms with van der Waals surface area (Å²) in [6, 6.07) is 15.0. The minimum absolute atomic E-state index is 0.245. The number of nitrogens with zero attached hydrogens (tertiary/aromatic N) is 2. The van der Waals surface area contributed by atoms with Crippen LogP contribution in [0.1, 0.15) is 17.2 Å². The van der Waals surface area contributed by atoms with Crippen LogP contribution in [0.15, 0.2) is 53.4 Å².